The highest BCUT2D eigenvalue weighted by Gasteiger charge is 2.36. The molecule has 0 bridgehead atoms. The highest BCUT2D eigenvalue weighted by Crippen LogP contribution is 2.32. The van der Waals surface area contributed by atoms with Crippen molar-refractivity contribution in [3.63, 3.8) is 0 Å². The van der Waals surface area contributed by atoms with Gasteiger partial charge in [-0.25, -0.2) is 14.4 Å². The second kappa shape index (κ2) is 8.85. The van der Waals surface area contributed by atoms with E-state index in [1.54, 1.807) is 22.7 Å². The van der Waals surface area contributed by atoms with Gasteiger partial charge in [0.2, 0.25) is 5.75 Å². The molecule has 1 atom stereocenters. The smallest absolute Gasteiger partial charge is 0.296 e. The van der Waals surface area contributed by atoms with Gasteiger partial charge in [-0.2, -0.15) is 0 Å². The van der Waals surface area contributed by atoms with Crippen molar-refractivity contribution >= 4 is 11.8 Å². The van der Waals surface area contributed by atoms with Crippen molar-refractivity contribution in [3.8, 4) is 5.75 Å². The van der Waals surface area contributed by atoms with Crippen LogP contribution in [0.3, 0.4) is 0 Å². The van der Waals surface area contributed by atoms with Crippen LogP contribution < -0.4 is 10.9 Å². The maximum Gasteiger partial charge on any atom is 0.296 e. The first kappa shape index (κ1) is 22.2. The van der Waals surface area contributed by atoms with Crippen LogP contribution >= 0.6 is 0 Å². The highest BCUT2D eigenvalue weighted by atomic mass is 19.1. The molecule has 1 unspecified atom stereocenters. The van der Waals surface area contributed by atoms with Crippen LogP contribution in [-0.4, -0.2) is 47.5 Å². The molecular weight excluding hydrogens is 431 g/mol. The van der Waals surface area contributed by atoms with Crippen LogP contribution in [0.25, 0.3) is 0 Å². The molecule has 3 heterocycles. The van der Waals surface area contributed by atoms with Crippen molar-refractivity contribution in [3.05, 3.63) is 75.7 Å². The third kappa shape index (κ3) is 4.21. The van der Waals surface area contributed by atoms with Crippen LogP contribution in [0.2, 0.25) is 0 Å². The fourth-order valence-electron chi connectivity index (χ4n) is 3.91. The summed E-state index contributed by atoms with van der Waals surface area (Å²) in [4.78, 5) is 48.4. The van der Waals surface area contributed by atoms with Crippen LogP contribution in [0.4, 0.5) is 4.39 Å². The second-order valence-electron chi connectivity index (χ2n) is 7.86. The minimum Gasteiger partial charge on any atom is -0.501 e. The predicted molar refractivity (Wildman–Crippen MR) is 115 cm³/mol. The van der Waals surface area contributed by atoms with E-state index in [4.69, 9.17) is 0 Å². The molecule has 11 heteroatoms. The molecule has 2 N–H and O–H groups in total. The lowest BCUT2D eigenvalue weighted by Gasteiger charge is -2.25. The number of aromatic nitrogens is 4. The van der Waals surface area contributed by atoms with Gasteiger partial charge in [-0.3, -0.25) is 19.0 Å². The van der Waals surface area contributed by atoms with Crippen molar-refractivity contribution in [2.24, 2.45) is 14.1 Å². The molecule has 33 heavy (non-hydrogen) atoms. The van der Waals surface area contributed by atoms with E-state index in [0.29, 0.717) is 24.9 Å². The molecule has 1 fully saturated rings. The summed E-state index contributed by atoms with van der Waals surface area (Å²) in [6.45, 7) is 0.497. The van der Waals surface area contributed by atoms with Crippen LogP contribution in [0, 0.1) is 5.82 Å². The standard InChI is InChI=1S/C22H23FN6O4/c1-27-11-9-24-19(27)22(33)29-10-3-4-15(29)18-26-16(17(30)21(32)28(18)2)20(31)25-12-13-5-7-14(23)8-6-13/h5-9,11,15,30H,3-4,10,12H2,1-2H3,(H,25,31). The molecule has 1 aromatic carbocycles. The number of amides is 2. The largest absolute Gasteiger partial charge is 0.501 e. The van der Waals surface area contributed by atoms with Gasteiger partial charge in [0.25, 0.3) is 17.4 Å². The number of aryl methyl sites for hydroxylation is 1. The summed E-state index contributed by atoms with van der Waals surface area (Å²) in [5, 5.41) is 12.9. The van der Waals surface area contributed by atoms with Crippen LogP contribution in [0.1, 0.15) is 51.4 Å². The van der Waals surface area contributed by atoms with E-state index in [1.165, 1.54) is 37.5 Å². The Morgan fingerprint density at radius 3 is 2.64 bits per heavy atom. The molecule has 1 aliphatic rings. The third-order valence-electron chi connectivity index (χ3n) is 5.71. The van der Waals surface area contributed by atoms with Gasteiger partial charge in [0.05, 0.1) is 6.04 Å². The number of hydrogen-bond acceptors (Lipinski definition) is 6. The fraction of sp³-hybridized carbons (Fsp3) is 0.318. The maximum absolute atomic E-state index is 13.1. The summed E-state index contributed by atoms with van der Waals surface area (Å²) in [5.74, 6) is -1.79. The van der Waals surface area contributed by atoms with Crippen molar-refractivity contribution in [2.45, 2.75) is 25.4 Å². The molecule has 172 valence electrons. The molecule has 0 aliphatic carbocycles. The number of nitrogens with one attached hydrogen (secondary N) is 1. The van der Waals surface area contributed by atoms with Gasteiger partial charge in [-0.15, -0.1) is 0 Å². The number of carbonyl (C=O) groups is 2. The van der Waals surface area contributed by atoms with Gasteiger partial charge in [0, 0.05) is 39.6 Å². The van der Waals surface area contributed by atoms with Gasteiger partial charge in [0.1, 0.15) is 11.6 Å². The molecule has 0 radical (unpaired) electrons. The lowest BCUT2D eigenvalue weighted by atomic mass is 10.2. The molecule has 4 rings (SSSR count). The summed E-state index contributed by atoms with van der Waals surface area (Å²) in [5.41, 5.74) is -0.578. The monoisotopic (exact) mass is 454 g/mol. The molecule has 2 aromatic heterocycles. The zero-order valence-electron chi connectivity index (χ0n) is 18.2. The first-order valence-corrected chi connectivity index (χ1v) is 10.4. The first-order valence-electron chi connectivity index (χ1n) is 10.4. The van der Waals surface area contributed by atoms with Gasteiger partial charge in [-0.1, -0.05) is 12.1 Å². The normalized spacial score (nSPS) is 15.6. The third-order valence-corrected chi connectivity index (χ3v) is 5.71. The number of carbonyl (C=O) groups excluding carboxylic acids is 2. The van der Waals surface area contributed by atoms with E-state index in [1.807, 2.05) is 0 Å². The summed E-state index contributed by atoms with van der Waals surface area (Å²) in [6.07, 6.45) is 4.41. The number of rotatable bonds is 5. The van der Waals surface area contributed by atoms with E-state index in [-0.39, 0.29) is 24.1 Å². The Hall–Kier alpha value is -4.02. The number of nitrogens with zero attached hydrogens (tertiary/aromatic N) is 5. The van der Waals surface area contributed by atoms with Crippen molar-refractivity contribution < 1.29 is 19.1 Å². The van der Waals surface area contributed by atoms with E-state index >= 15 is 0 Å². The Labute approximate surface area is 188 Å². The number of benzene rings is 1. The number of aromatic hydroxyl groups is 1. The minimum absolute atomic E-state index is 0.0535. The lowest BCUT2D eigenvalue weighted by Crippen LogP contribution is -2.37. The summed E-state index contributed by atoms with van der Waals surface area (Å²) in [7, 11) is 3.15. The summed E-state index contributed by atoms with van der Waals surface area (Å²) in [6, 6.07) is 4.99. The van der Waals surface area contributed by atoms with Crippen molar-refractivity contribution in [1.82, 2.24) is 29.3 Å². The Kier molecular flexibility index (Phi) is 5.95. The molecule has 10 nitrogen and oxygen atoms in total. The van der Waals surface area contributed by atoms with E-state index in [0.717, 1.165) is 4.57 Å². The van der Waals surface area contributed by atoms with Crippen LogP contribution in [-0.2, 0) is 20.6 Å². The first-order chi connectivity index (χ1) is 15.8. The highest BCUT2D eigenvalue weighted by molar-refractivity contribution is 5.94. The molecule has 2 amide bonds. The Bertz CT molecular complexity index is 1270. The second-order valence-corrected chi connectivity index (χ2v) is 7.86. The number of halogens is 1. The molecule has 0 spiro atoms. The Balaban J connectivity index is 1.63. The van der Waals surface area contributed by atoms with E-state index < -0.39 is 34.8 Å². The van der Waals surface area contributed by atoms with E-state index in [2.05, 4.69) is 15.3 Å². The molecular formula is C22H23FN6O4. The topological polar surface area (TPSA) is 122 Å². The Morgan fingerprint density at radius 2 is 1.97 bits per heavy atom. The van der Waals surface area contributed by atoms with Crippen molar-refractivity contribution in [1.29, 1.82) is 0 Å². The van der Waals surface area contributed by atoms with Crippen molar-refractivity contribution in [2.75, 3.05) is 6.54 Å². The summed E-state index contributed by atoms with van der Waals surface area (Å²) < 4.78 is 15.8. The van der Waals surface area contributed by atoms with Gasteiger partial charge < -0.3 is 19.9 Å². The Morgan fingerprint density at radius 1 is 1.24 bits per heavy atom. The molecule has 1 saturated heterocycles. The fourth-order valence-corrected chi connectivity index (χ4v) is 3.91. The summed E-state index contributed by atoms with van der Waals surface area (Å²) >= 11 is 0. The zero-order valence-corrected chi connectivity index (χ0v) is 18.2. The SMILES string of the molecule is Cn1ccnc1C(=O)N1CCCC1c1nc(C(=O)NCc2ccc(F)cc2)c(O)c(=O)n1C. The number of likely N-dealkylation sites (tertiary alicyclic amines) is 1. The molecule has 1 aliphatic heterocycles. The number of imidazole rings is 1. The average Bonchev–Trinajstić information content (AvgIpc) is 3.46. The lowest BCUT2D eigenvalue weighted by molar-refractivity contribution is 0.0710. The van der Waals surface area contributed by atoms with Gasteiger partial charge >= 0.3 is 0 Å². The molecule has 0 saturated carbocycles. The van der Waals surface area contributed by atoms with Gasteiger partial charge in [-0.05, 0) is 30.5 Å². The quantitative estimate of drug-likeness (QED) is 0.599. The number of hydrogen-bond donors (Lipinski definition) is 2. The van der Waals surface area contributed by atoms with Crippen LogP contribution in [0.15, 0.2) is 41.5 Å². The minimum atomic E-state index is -0.789. The predicted octanol–water partition coefficient (Wildman–Crippen LogP) is 1.27. The van der Waals surface area contributed by atoms with Crippen LogP contribution in [0.5, 0.6) is 5.75 Å². The maximum atomic E-state index is 13.1. The van der Waals surface area contributed by atoms with Gasteiger partial charge in [0.15, 0.2) is 11.5 Å². The van der Waals surface area contributed by atoms with E-state index in [9.17, 15) is 23.9 Å². The molecule has 3 aromatic rings. The average molecular weight is 454 g/mol. The zero-order chi connectivity index (χ0) is 23.7.